The number of nitrogens with one attached hydrogen (secondary N) is 1. The minimum atomic E-state index is -0.977. The van der Waals surface area contributed by atoms with Gasteiger partial charge in [0.2, 0.25) is 0 Å². The standard InChI is InChI=1S/C22H21FN4O/c1-22-6-4-19(25-22)21(23)14(11-22)8-16-2-3-18(27-26-16)17-9-13-5-7-24-12-15(13)10-20(17)28/h2-3,5,7-10,12,19,21,25,28H,4,6,11H2,1H3/b14-8-/t19-,21+,22+/m1/s1. The molecule has 2 aliphatic heterocycles. The van der Waals surface area contributed by atoms with E-state index in [1.54, 1.807) is 18.5 Å². The molecule has 6 heteroatoms. The van der Waals surface area contributed by atoms with Gasteiger partial charge in [-0.1, -0.05) is 0 Å². The lowest BCUT2D eigenvalue weighted by Crippen LogP contribution is -2.50. The van der Waals surface area contributed by atoms with Crippen LogP contribution in [0.5, 0.6) is 5.75 Å². The Hall–Kier alpha value is -2.86. The highest BCUT2D eigenvalue weighted by Gasteiger charge is 2.45. The van der Waals surface area contributed by atoms with Gasteiger partial charge in [-0.2, -0.15) is 5.10 Å². The lowest BCUT2D eigenvalue weighted by molar-refractivity contribution is 0.234. The van der Waals surface area contributed by atoms with Crippen LogP contribution in [0.4, 0.5) is 4.39 Å². The van der Waals surface area contributed by atoms with E-state index in [9.17, 15) is 9.50 Å². The van der Waals surface area contributed by atoms with Crippen LogP contribution in [0.1, 0.15) is 31.9 Å². The van der Waals surface area contributed by atoms with Crippen molar-refractivity contribution in [2.75, 3.05) is 0 Å². The normalized spacial score (nSPS) is 28.1. The molecule has 2 aliphatic rings. The van der Waals surface area contributed by atoms with Gasteiger partial charge in [-0.15, -0.1) is 5.10 Å². The number of aromatic hydroxyl groups is 1. The van der Waals surface area contributed by atoms with Gasteiger partial charge in [-0.3, -0.25) is 4.98 Å². The minimum absolute atomic E-state index is 0.0157. The molecule has 2 N–H and O–H groups in total. The van der Waals surface area contributed by atoms with Gasteiger partial charge in [-0.25, -0.2) is 4.39 Å². The van der Waals surface area contributed by atoms with E-state index in [1.807, 2.05) is 30.3 Å². The maximum absolute atomic E-state index is 14.7. The van der Waals surface area contributed by atoms with E-state index in [0.29, 0.717) is 23.4 Å². The Morgan fingerprint density at radius 3 is 2.93 bits per heavy atom. The van der Waals surface area contributed by atoms with Crippen LogP contribution < -0.4 is 5.32 Å². The first kappa shape index (κ1) is 17.3. The highest BCUT2D eigenvalue weighted by Crippen LogP contribution is 2.40. The van der Waals surface area contributed by atoms with E-state index in [1.165, 1.54) is 0 Å². The molecule has 0 saturated carbocycles. The van der Waals surface area contributed by atoms with Crippen LogP contribution in [0.3, 0.4) is 0 Å². The van der Waals surface area contributed by atoms with Gasteiger partial charge in [0.15, 0.2) is 0 Å². The van der Waals surface area contributed by atoms with Crippen molar-refractivity contribution in [3.05, 3.63) is 54.0 Å². The van der Waals surface area contributed by atoms with Crippen molar-refractivity contribution in [2.24, 2.45) is 0 Å². The number of benzene rings is 1. The molecule has 3 aromatic rings. The summed E-state index contributed by atoms with van der Waals surface area (Å²) in [5, 5.41) is 24.1. The number of alkyl halides is 1. The molecule has 1 aromatic carbocycles. The number of phenols is 1. The van der Waals surface area contributed by atoms with Crippen LogP contribution >= 0.6 is 0 Å². The molecule has 5 rings (SSSR count). The first-order chi connectivity index (χ1) is 13.5. The number of halogens is 1. The monoisotopic (exact) mass is 376 g/mol. The molecule has 0 amide bonds. The van der Waals surface area contributed by atoms with Crippen LogP contribution in [0.2, 0.25) is 0 Å². The predicted molar refractivity (Wildman–Crippen MR) is 106 cm³/mol. The molecule has 2 fully saturated rings. The first-order valence-corrected chi connectivity index (χ1v) is 9.54. The number of piperidine rings is 1. The van der Waals surface area contributed by atoms with E-state index in [4.69, 9.17) is 0 Å². The number of aromatic nitrogens is 3. The average Bonchev–Trinajstić information content (AvgIpc) is 3.04. The van der Waals surface area contributed by atoms with Gasteiger partial charge in [0.05, 0.1) is 11.4 Å². The largest absolute Gasteiger partial charge is 0.507 e. The summed E-state index contributed by atoms with van der Waals surface area (Å²) in [4.78, 5) is 4.07. The van der Waals surface area contributed by atoms with Crippen LogP contribution in [-0.4, -0.2) is 38.0 Å². The van der Waals surface area contributed by atoms with Crippen molar-refractivity contribution in [3.63, 3.8) is 0 Å². The minimum Gasteiger partial charge on any atom is -0.507 e. The van der Waals surface area contributed by atoms with Gasteiger partial charge < -0.3 is 10.4 Å². The molecular weight excluding hydrogens is 355 g/mol. The average molecular weight is 376 g/mol. The van der Waals surface area contributed by atoms with Crippen LogP contribution in [0.15, 0.2) is 48.3 Å². The molecule has 0 radical (unpaired) electrons. The highest BCUT2D eigenvalue weighted by molar-refractivity contribution is 5.89. The molecule has 5 nitrogen and oxygen atoms in total. The number of hydrogen-bond acceptors (Lipinski definition) is 5. The van der Waals surface area contributed by atoms with Gasteiger partial charge in [0.25, 0.3) is 0 Å². The Balaban J connectivity index is 1.46. The van der Waals surface area contributed by atoms with Crippen molar-refractivity contribution in [3.8, 4) is 17.0 Å². The van der Waals surface area contributed by atoms with Crippen molar-refractivity contribution in [1.29, 1.82) is 0 Å². The molecule has 142 valence electrons. The Labute approximate surface area is 162 Å². The summed E-state index contributed by atoms with van der Waals surface area (Å²) in [6.45, 7) is 2.15. The second-order valence-corrected chi connectivity index (χ2v) is 8.08. The fraction of sp³-hybridized carbons (Fsp3) is 0.318. The fourth-order valence-corrected chi connectivity index (χ4v) is 4.44. The van der Waals surface area contributed by atoms with Gasteiger partial charge in [-0.05, 0) is 73.6 Å². The number of phenolic OH excluding ortho intramolecular Hbond substituents is 1. The zero-order chi connectivity index (χ0) is 19.3. The first-order valence-electron chi connectivity index (χ1n) is 9.54. The topological polar surface area (TPSA) is 70.9 Å². The summed E-state index contributed by atoms with van der Waals surface area (Å²) in [7, 11) is 0. The molecule has 3 atom stereocenters. The second-order valence-electron chi connectivity index (χ2n) is 8.08. The SMILES string of the molecule is C[C@@]12CC[C@@H](N1)[C@@H](F)/C(=C\c1ccc(-c3cc4ccncc4cc3O)nn1)C2. The van der Waals surface area contributed by atoms with Crippen LogP contribution in [0, 0.1) is 0 Å². The zero-order valence-corrected chi connectivity index (χ0v) is 15.6. The van der Waals surface area contributed by atoms with Gasteiger partial charge in [0.1, 0.15) is 11.9 Å². The summed E-state index contributed by atoms with van der Waals surface area (Å²) < 4.78 is 14.7. The van der Waals surface area contributed by atoms with Crippen molar-refractivity contribution < 1.29 is 9.50 Å². The lowest BCUT2D eigenvalue weighted by atomic mass is 9.87. The maximum Gasteiger partial charge on any atom is 0.137 e. The highest BCUT2D eigenvalue weighted by atomic mass is 19.1. The maximum atomic E-state index is 14.7. The predicted octanol–water partition coefficient (Wildman–Crippen LogP) is 4.03. The van der Waals surface area contributed by atoms with E-state index in [2.05, 4.69) is 27.4 Å². The van der Waals surface area contributed by atoms with Crippen molar-refractivity contribution in [2.45, 2.75) is 43.9 Å². The number of fused-ring (bicyclic) bond motifs is 3. The molecule has 2 saturated heterocycles. The summed E-state index contributed by atoms with van der Waals surface area (Å²) in [6.07, 6.45) is 6.82. The molecule has 0 unspecified atom stereocenters. The molecule has 0 aliphatic carbocycles. The number of nitrogens with zero attached hydrogens (tertiary/aromatic N) is 3. The van der Waals surface area contributed by atoms with E-state index < -0.39 is 6.17 Å². The van der Waals surface area contributed by atoms with E-state index >= 15 is 0 Å². The third-order valence-corrected chi connectivity index (χ3v) is 5.89. The molecule has 28 heavy (non-hydrogen) atoms. The van der Waals surface area contributed by atoms with Crippen LogP contribution in [-0.2, 0) is 0 Å². The van der Waals surface area contributed by atoms with Crippen molar-refractivity contribution in [1.82, 2.24) is 20.5 Å². The van der Waals surface area contributed by atoms with E-state index in [0.717, 1.165) is 29.2 Å². The number of pyridine rings is 1. The molecule has 4 heterocycles. The molecule has 2 bridgehead atoms. The summed E-state index contributed by atoms with van der Waals surface area (Å²) in [5.74, 6) is 0.132. The summed E-state index contributed by atoms with van der Waals surface area (Å²) in [6, 6.07) is 8.97. The Morgan fingerprint density at radius 2 is 2.11 bits per heavy atom. The molecule has 2 aromatic heterocycles. The third kappa shape index (κ3) is 2.94. The Bertz CT molecular complexity index is 1080. The number of rotatable bonds is 2. The molecular formula is C22H21FN4O. The fourth-order valence-electron chi connectivity index (χ4n) is 4.44. The summed E-state index contributed by atoms with van der Waals surface area (Å²) >= 11 is 0. The van der Waals surface area contributed by atoms with Crippen molar-refractivity contribution >= 4 is 16.8 Å². The van der Waals surface area contributed by atoms with Gasteiger partial charge >= 0.3 is 0 Å². The van der Waals surface area contributed by atoms with E-state index in [-0.39, 0.29) is 17.3 Å². The smallest absolute Gasteiger partial charge is 0.137 e. The Morgan fingerprint density at radius 1 is 1.21 bits per heavy atom. The second kappa shape index (κ2) is 6.34. The van der Waals surface area contributed by atoms with Crippen LogP contribution in [0.25, 0.3) is 28.1 Å². The zero-order valence-electron chi connectivity index (χ0n) is 15.6. The molecule has 0 spiro atoms. The summed E-state index contributed by atoms with van der Waals surface area (Å²) in [5.41, 5.74) is 2.59. The third-order valence-electron chi connectivity index (χ3n) is 5.89. The number of hydrogen-bond donors (Lipinski definition) is 2. The van der Waals surface area contributed by atoms with Gasteiger partial charge in [0, 0.05) is 34.9 Å². The quantitative estimate of drug-likeness (QED) is 0.707. The lowest BCUT2D eigenvalue weighted by Gasteiger charge is -2.35. The Kier molecular flexibility index (Phi) is 3.91.